The molecule has 2 atom stereocenters. The van der Waals surface area contributed by atoms with Crippen LogP contribution in [0.15, 0.2) is 0 Å². The highest BCUT2D eigenvalue weighted by molar-refractivity contribution is 7.99. The highest BCUT2D eigenvalue weighted by Gasteiger charge is 2.07. The zero-order chi connectivity index (χ0) is 17.2. The van der Waals surface area contributed by atoms with E-state index in [9.17, 15) is 10.2 Å². The zero-order valence-electron chi connectivity index (χ0n) is 15.2. The molecule has 0 saturated heterocycles. The van der Waals surface area contributed by atoms with E-state index in [1.807, 2.05) is 0 Å². The highest BCUT2D eigenvalue weighted by Crippen LogP contribution is 2.14. The van der Waals surface area contributed by atoms with E-state index in [0.29, 0.717) is 11.5 Å². The van der Waals surface area contributed by atoms with E-state index in [2.05, 4.69) is 6.92 Å². The van der Waals surface area contributed by atoms with Crippen LogP contribution in [-0.2, 0) is 0 Å². The molecule has 0 heterocycles. The molecule has 4 heteroatoms. The first-order valence-corrected chi connectivity index (χ1v) is 10.9. The lowest BCUT2D eigenvalue weighted by molar-refractivity contribution is 0.113. The fraction of sp³-hybridized carbons (Fsp3) is 1.00. The molecule has 0 bridgehead atoms. The second-order valence-corrected chi connectivity index (χ2v) is 7.78. The van der Waals surface area contributed by atoms with Crippen LogP contribution in [0.4, 0.5) is 0 Å². The van der Waals surface area contributed by atoms with Crippen LogP contribution >= 0.6 is 11.8 Å². The largest absolute Gasteiger partial charge is 0.394 e. The number of hydrogen-bond acceptors (Lipinski definition) is 4. The third-order valence-electron chi connectivity index (χ3n) is 4.22. The van der Waals surface area contributed by atoms with Crippen LogP contribution in [0.3, 0.4) is 0 Å². The Balaban J connectivity index is 3.14. The van der Waals surface area contributed by atoms with Gasteiger partial charge in [-0.25, -0.2) is 0 Å². The van der Waals surface area contributed by atoms with Crippen LogP contribution in [0.1, 0.15) is 90.4 Å². The average Bonchev–Trinajstić information content (AvgIpc) is 2.55. The molecule has 0 aromatic heterocycles. The van der Waals surface area contributed by atoms with Crippen molar-refractivity contribution < 1.29 is 15.3 Å². The zero-order valence-corrected chi connectivity index (χ0v) is 16.0. The predicted molar refractivity (Wildman–Crippen MR) is 102 cm³/mol. The van der Waals surface area contributed by atoms with Crippen molar-refractivity contribution in [2.45, 2.75) is 103 Å². The summed E-state index contributed by atoms with van der Waals surface area (Å²) in [5.74, 6) is 1.17. The topological polar surface area (TPSA) is 60.7 Å². The normalized spacial score (nSPS) is 14.1. The van der Waals surface area contributed by atoms with Gasteiger partial charge in [0.25, 0.3) is 0 Å². The Morgan fingerprint density at radius 3 is 1.57 bits per heavy atom. The van der Waals surface area contributed by atoms with E-state index < -0.39 is 6.10 Å². The van der Waals surface area contributed by atoms with E-state index in [4.69, 9.17) is 5.11 Å². The maximum atomic E-state index is 9.83. The highest BCUT2D eigenvalue weighted by atomic mass is 32.2. The molecule has 0 aliphatic heterocycles. The van der Waals surface area contributed by atoms with Crippen molar-refractivity contribution in [1.29, 1.82) is 0 Å². The Labute approximate surface area is 148 Å². The monoisotopic (exact) mass is 348 g/mol. The molecule has 2 unspecified atom stereocenters. The van der Waals surface area contributed by atoms with E-state index in [1.165, 1.54) is 82.4 Å². The van der Waals surface area contributed by atoms with E-state index in [-0.39, 0.29) is 12.7 Å². The van der Waals surface area contributed by atoms with Crippen molar-refractivity contribution >= 4 is 11.8 Å². The third kappa shape index (κ3) is 18.4. The van der Waals surface area contributed by atoms with Crippen LogP contribution < -0.4 is 0 Å². The molecular weight excluding hydrogens is 308 g/mol. The molecule has 3 N–H and O–H groups in total. The van der Waals surface area contributed by atoms with E-state index in [1.54, 1.807) is 0 Å². The summed E-state index contributed by atoms with van der Waals surface area (Å²) in [6, 6.07) is 0. The standard InChI is InChI=1S/C19H40O3S/c1-2-3-4-5-6-7-8-9-10-11-12-13-14-18(21)16-23-17-19(22)15-20/h18-22H,2-17H2,1H3. The smallest absolute Gasteiger partial charge is 0.0861 e. The predicted octanol–water partition coefficient (Wildman–Crippen LogP) is 4.52. The van der Waals surface area contributed by atoms with Gasteiger partial charge in [0.1, 0.15) is 0 Å². The summed E-state index contributed by atoms with van der Waals surface area (Å²) in [6.07, 6.45) is 16.0. The Morgan fingerprint density at radius 2 is 1.09 bits per heavy atom. The maximum Gasteiger partial charge on any atom is 0.0861 e. The lowest BCUT2D eigenvalue weighted by atomic mass is 10.0. The second-order valence-electron chi connectivity index (χ2n) is 6.71. The minimum Gasteiger partial charge on any atom is -0.394 e. The Hall–Kier alpha value is 0.230. The van der Waals surface area contributed by atoms with Gasteiger partial charge in [-0.1, -0.05) is 84.0 Å². The Morgan fingerprint density at radius 1 is 0.652 bits per heavy atom. The fourth-order valence-corrected chi connectivity index (χ4v) is 3.65. The summed E-state index contributed by atoms with van der Waals surface area (Å²) in [5.41, 5.74) is 0. The molecule has 0 aromatic rings. The molecule has 3 nitrogen and oxygen atoms in total. The minimum absolute atomic E-state index is 0.193. The summed E-state index contributed by atoms with van der Waals surface area (Å²) < 4.78 is 0. The number of aliphatic hydroxyl groups excluding tert-OH is 3. The van der Waals surface area contributed by atoms with Crippen LogP contribution in [0.25, 0.3) is 0 Å². The number of hydrogen-bond donors (Lipinski definition) is 3. The number of thioether (sulfide) groups is 1. The van der Waals surface area contributed by atoms with Gasteiger partial charge < -0.3 is 15.3 Å². The molecule has 0 amide bonds. The van der Waals surface area contributed by atoms with E-state index in [0.717, 1.165) is 12.8 Å². The third-order valence-corrected chi connectivity index (χ3v) is 5.46. The van der Waals surface area contributed by atoms with Crippen molar-refractivity contribution in [3.05, 3.63) is 0 Å². The Kier molecular flexibility index (Phi) is 18.8. The fourth-order valence-electron chi connectivity index (χ4n) is 2.70. The van der Waals surface area contributed by atoms with Gasteiger partial charge in [0, 0.05) is 11.5 Å². The van der Waals surface area contributed by atoms with Crippen LogP contribution in [-0.4, -0.2) is 45.6 Å². The summed E-state index contributed by atoms with van der Waals surface area (Å²) in [7, 11) is 0. The van der Waals surface area contributed by atoms with E-state index >= 15 is 0 Å². The summed E-state index contributed by atoms with van der Waals surface area (Å²) in [4.78, 5) is 0. The van der Waals surface area contributed by atoms with Gasteiger partial charge in [-0.15, -0.1) is 0 Å². The van der Waals surface area contributed by atoms with Crippen molar-refractivity contribution in [1.82, 2.24) is 0 Å². The van der Waals surface area contributed by atoms with Crippen molar-refractivity contribution in [2.75, 3.05) is 18.1 Å². The number of rotatable bonds is 18. The molecule has 0 rings (SSSR count). The molecule has 23 heavy (non-hydrogen) atoms. The van der Waals surface area contributed by atoms with Gasteiger partial charge in [0.15, 0.2) is 0 Å². The molecule has 0 spiro atoms. The van der Waals surface area contributed by atoms with Crippen molar-refractivity contribution in [2.24, 2.45) is 0 Å². The second kappa shape index (κ2) is 18.6. The molecule has 0 aromatic carbocycles. The first-order valence-electron chi connectivity index (χ1n) is 9.75. The average molecular weight is 349 g/mol. The van der Waals surface area contributed by atoms with Gasteiger partial charge in [0.2, 0.25) is 0 Å². The summed E-state index contributed by atoms with van der Waals surface area (Å²) in [5, 5.41) is 27.7. The van der Waals surface area contributed by atoms with Gasteiger partial charge in [-0.2, -0.15) is 11.8 Å². The van der Waals surface area contributed by atoms with Crippen LogP contribution in [0, 0.1) is 0 Å². The van der Waals surface area contributed by atoms with Gasteiger partial charge in [-0.3, -0.25) is 0 Å². The van der Waals surface area contributed by atoms with Crippen LogP contribution in [0.5, 0.6) is 0 Å². The van der Waals surface area contributed by atoms with Crippen molar-refractivity contribution in [3.8, 4) is 0 Å². The van der Waals surface area contributed by atoms with Gasteiger partial charge in [-0.05, 0) is 6.42 Å². The van der Waals surface area contributed by atoms with Crippen molar-refractivity contribution in [3.63, 3.8) is 0 Å². The molecular formula is C19H40O3S. The van der Waals surface area contributed by atoms with Gasteiger partial charge in [0.05, 0.1) is 18.8 Å². The lowest BCUT2D eigenvalue weighted by Gasteiger charge is -2.11. The molecule has 0 radical (unpaired) electrons. The van der Waals surface area contributed by atoms with Crippen LogP contribution in [0.2, 0.25) is 0 Å². The lowest BCUT2D eigenvalue weighted by Crippen LogP contribution is -2.17. The summed E-state index contributed by atoms with van der Waals surface area (Å²) in [6.45, 7) is 2.07. The molecule has 0 saturated carbocycles. The number of aliphatic hydroxyl groups is 3. The first kappa shape index (κ1) is 23.2. The molecule has 0 aliphatic rings. The molecule has 0 fully saturated rings. The molecule has 0 aliphatic carbocycles. The summed E-state index contributed by atoms with van der Waals surface area (Å²) >= 11 is 1.52. The Bertz CT molecular complexity index is 227. The maximum absolute atomic E-state index is 9.83. The quantitative estimate of drug-likeness (QED) is 0.319. The minimum atomic E-state index is -0.654. The van der Waals surface area contributed by atoms with Gasteiger partial charge >= 0.3 is 0 Å². The SMILES string of the molecule is CCCCCCCCCCCCCCC(O)CSCC(O)CO. The number of unbranched alkanes of at least 4 members (excludes halogenated alkanes) is 11. The molecule has 140 valence electrons. The first-order chi connectivity index (χ1) is 11.2.